The Labute approximate surface area is 117 Å². The molecule has 0 unspecified atom stereocenters. The third-order valence-electron chi connectivity index (χ3n) is 3.58. The first kappa shape index (κ1) is 15.0. The number of aliphatic hydroxyl groups is 1. The highest BCUT2D eigenvalue weighted by atomic mass is 32.2. The SMILES string of the molecule is Cc1ccc(S(=O)(=O)N2CC[C@](C)(O)[C@H]2C(=O)O)cc1. The molecule has 1 saturated heterocycles. The van der Waals surface area contributed by atoms with Crippen molar-refractivity contribution in [2.75, 3.05) is 6.54 Å². The molecule has 1 aromatic carbocycles. The van der Waals surface area contributed by atoms with Gasteiger partial charge in [-0.15, -0.1) is 0 Å². The Balaban J connectivity index is 2.44. The zero-order chi connectivity index (χ0) is 15.1. The van der Waals surface area contributed by atoms with Gasteiger partial charge in [-0.3, -0.25) is 4.79 Å². The molecule has 0 amide bonds. The van der Waals surface area contributed by atoms with Crippen LogP contribution in [0.15, 0.2) is 29.2 Å². The maximum atomic E-state index is 12.5. The lowest BCUT2D eigenvalue weighted by atomic mass is 9.98. The van der Waals surface area contributed by atoms with Crippen molar-refractivity contribution in [3.8, 4) is 0 Å². The van der Waals surface area contributed by atoms with Gasteiger partial charge in [0.15, 0.2) is 6.04 Å². The summed E-state index contributed by atoms with van der Waals surface area (Å²) in [5.74, 6) is -1.34. The molecular weight excluding hydrogens is 282 g/mol. The minimum absolute atomic E-state index is 0.0137. The minimum Gasteiger partial charge on any atom is -0.480 e. The third-order valence-corrected chi connectivity index (χ3v) is 5.46. The summed E-state index contributed by atoms with van der Waals surface area (Å²) in [7, 11) is -3.93. The summed E-state index contributed by atoms with van der Waals surface area (Å²) >= 11 is 0. The maximum Gasteiger partial charge on any atom is 0.325 e. The molecule has 6 nitrogen and oxygen atoms in total. The molecule has 1 fully saturated rings. The standard InChI is InChI=1S/C13H17NO5S/c1-9-3-5-10(6-4-9)20(18,19)14-8-7-13(2,17)11(14)12(15)16/h3-6,11,17H,7-8H2,1-2H3,(H,15,16)/t11-,13+/m1/s1. The van der Waals surface area contributed by atoms with Crippen LogP contribution in [0.4, 0.5) is 0 Å². The van der Waals surface area contributed by atoms with Crippen LogP contribution in [0, 0.1) is 6.92 Å². The summed E-state index contributed by atoms with van der Waals surface area (Å²) in [5, 5.41) is 19.3. The second-order valence-corrected chi connectivity index (χ2v) is 7.17. The van der Waals surface area contributed by atoms with E-state index in [4.69, 9.17) is 0 Å². The fraction of sp³-hybridized carbons (Fsp3) is 0.462. The van der Waals surface area contributed by atoms with Crippen LogP contribution in [0.5, 0.6) is 0 Å². The zero-order valence-corrected chi connectivity index (χ0v) is 12.1. The van der Waals surface area contributed by atoms with Crippen molar-refractivity contribution < 1.29 is 23.4 Å². The molecule has 1 heterocycles. The number of carboxylic acid groups (broad SMARTS) is 1. The number of carboxylic acids is 1. The molecule has 0 radical (unpaired) electrons. The van der Waals surface area contributed by atoms with Crippen molar-refractivity contribution in [2.45, 2.75) is 36.8 Å². The Kier molecular flexibility index (Phi) is 3.62. The van der Waals surface area contributed by atoms with Gasteiger partial charge in [-0.1, -0.05) is 17.7 Å². The number of rotatable bonds is 3. The van der Waals surface area contributed by atoms with E-state index in [2.05, 4.69) is 0 Å². The fourth-order valence-electron chi connectivity index (χ4n) is 2.41. The van der Waals surface area contributed by atoms with E-state index in [1.165, 1.54) is 19.1 Å². The van der Waals surface area contributed by atoms with Gasteiger partial charge < -0.3 is 10.2 Å². The lowest BCUT2D eigenvalue weighted by Crippen LogP contribution is -2.50. The molecule has 20 heavy (non-hydrogen) atoms. The second kappa shape index (κ2) is 4.83. The number of nitrogens with zero attached hydrogens (tertiary/aromatic N) is 1. The number of aryl methyl sites for hydroxylation is 1. The van der Waals surface area contributed by atoms with Gasteiger partial charge in [0.05, 0.1) is 10.5 Å². The van der Waals surface area contributed by atoms with E-state index in [0.717, 1.165) is 9.87 Å². The van der Waals surface area contributed by atoms with Gasteiger partial charge in [-0.25, -0.2) is 8.42 Å². The molecule has 1 aromatic rings. The Morgan fingerprint density at radius 2 is 1.90 bits per heavy atom. The predicted octanol–water partition coefficient (Wildman–Crippen LogP) is 0.594. The van der Waals surface area contributed by atoms with E-state index in [1.807, 2.05) is 6.92 Å². The number of aliphatic carboxylic acids is 1. The average Bonchev–Trinajstić information content (AvgIpc) is 2.66. The van der Waals surface area contributed by atoms with Gasteiger partial charge in [-0.2, -0.15) is 4.31 Å². The topological polar surface area (TPSA) is 94.9 Å². The van der Waals surface area contributed by atoms with Crippen molar-refractivity contribution >= 4 is 16.0 Å². The van der Waals surface area contributed by atoms with E-state index in [-0.39, 0.29) is 17.9 Å². The molecular formula is C13H17NO5S. The number of hydrogen-bond donors (Lipinski definition) is 2. The van der Waals surface area contributed by atoms with Gasteiger partial charge in [0.25, 0.3) is 0 Å². The summed E-state index contributed by atoms with van der Waals surface area (Å²) in [6.07, 6.45) is 0.0923. The van der Waals surface area contributed by atoms with Crippen LogP contribution in [0.2, 0.25) is 0 Å². The van der Waals surface area contributed by atoms with Gasteiger partial charge in [0.2, 0.25) is 10.0 Å². The Morgan fingerprint density at radius 3 is 2.40 bits per heavy atom. The molecule has 2 atom stereocenters. The molecule has 110 valence electrons. The van der Waals surface area contributed by atoms with Gasteiger partial charge >= 0.3 is 5.97 Å². The van der Waals surface area contributed by atoms with E-state index >= 15 is 0 Å². The van der Waals surface area contributed by atoms with Crippen molar-refractivity contribution in [1.29, 1.82) is 0 Å². The number of sulfonamides is 1. The number of hydrogen-bond acceptors (Lipinski definition) is 4. The van der Waals surface area contributed by atoms with Crippen LogP contribution in [-0.4, -0.2) is 47.1 Å². The van der Waals surface area contributed by atoms with Crippen LogP contribution in [0.1, 0.15) is 18.9 Å². The fourth-order valence-corrected chi connectivity index (χ4v) is 4.08. The lowest BCUT2D eigenvalue weighted by molar-refractivity contribution is -0.146. The normalized spacial score (nSPS) is 27.6. The van der Waals surface area contributed by atoms with Gasteiger partial charge in [-0.05, 0) is 32.4 Å². The Morgan fingerprint density at radius 1 is 1.35 bits per heavy atom. The van der Waals surface area contributed by atoms with Crippen molar-refractivity contribution in [3.63, 3.8) is 0 Å². The molecule has 2 N–H and O–H groups in total. The number of carbonyl (C=O) groups is 1. The van der Waals surface area contributed by atoms with Crippen LogP contribution in [-0.2, 0) is 14.8 Å². The highest BCUT2D eigenvalue weighted by molar-refractivity contribution is 7.89. The predicted molar refractivity (Wildman–Crippen MR) is 71.7 cm³/mol. The molecule has 0 saturated carbocycles. The molecule has 0 aromatic heterocycles. The quantitative estimate of drug-likeness (QED) is 0.852. The summed E-state index contributed by atoms with van der Waals surface area (Å²) in [5.41, 5.74) is -0.656. The minimum atomic E-state index is -3.93. The van der Waals surface area contributed by atoms with E-state index in [9.17, 15) is 23.4 Å². The van der Waals surface area contributed by atoms with Crippen molar-refractivity contribution in [1.82, 2.24) is 4.31 Å². The molecule has 0 spiro atoms. The summed E-state index contributed by atoms with van der Waals surface area (Å²) in [6.45, 7) is 3.16. The first-order valence-corrected chi connectivity index (χ1v) is 7.64. The monoisotopic (exact) mass is 299 g/mol. The molecule has 1 aliphatic rings. The third kappa shape index (κ3) is 2.44. The van der Waals surface area contributed by atoms with Crippen LogP contribution >= 0.6 is 0 Å². The Hall–Kier alpha value is -1.44. The lowest BCUT2D eigenvalue weighted by Gasteiger charge is -2.27. The molecule has 0 aliphatic carbocycles. The maximum absolute atomic E-state index is 12.5. The molecule has 1 aliphatic heterocycles. The first-order valence-electron chi connectivity index (χ1n) is 6.20. The second-order valence-electron chi connectivity index (χ2n) is 5.28. The zero-order valence-electron chi connectivity index (χ0n) is 11.3. The Bertz CT molecular complexity index is 621. The van der Waals surface area contributed by atoms with E-state index in [0.29, 0.717) is 0 Å². The molecule has 7 heteroatoms. The van der Waals surface area contributed by atoms with Gasteiger partial charge in [0.1, 0.15) is 0 Å². The van der Waals surface area contributed by atoms with Gasteiger partial charge in [0, 0.05) is 6.54 Å². The summed E-state index contributed by atoms with van der Waals surface area (Å²) in [4.78, 5) is 11.3. The average molecular weight is 299 g/mol. The molecule has 2 rings (SSSR count). The highest BCUT2D eigenvalue weighted by Gasteiger charge is 2.52. The highest BCUT2D eigenvalue weighted by Crippen LogP contribution is 2.33. The number of benzene rings is 1. The van der Waals surface area contributed by atoms with Crippen molar-refractivity contribution in [3.05, 3.63) is 29.8 Å². The first-order chi connectivity index (χ1) is 9.16. The summed E-state index contributed by atoms with van der Waals surface area (Å²) in [6, 6.07) is 4.72. The van der Waals surface area contributed by atoms with Crippen LogP contribution in [0.3, 0.4) is 0 Å². The molecule has 0 bridgehead atoms. The summed E-state index contributed by atoms with van der Waals surface area (Å²) < 4.78 is 25.9. The smallest absolute Gasteiger partial charge is 0.325 e. The van der Waals surface area contributed by atoms with Crippen molar-refractivity contribution in [2.24, 2.45) is 0 Å². The van der Waals surface area contributed by atoms with Crippen LogP contribution < -0.4 is 0 Å². The van der Waals surface area contributed by atoms with E-state index in [1.54, 1.807) is 12.1 Å². The largest absolute Gasteiger partial charge is 0.480 e. The van der Waals surface area contributed by atoms with Crippen LogP contribution in [0.25, 0.3) is 0 Å². The van der Waals surface area contributed by atoms with E-state index < -0.39 is 27.6 Å².